The Morgan fingerprint density at radius 2 is 1.50 bits per heavy atom. The molecule has 0 unspecified atom stereocenters. The smallest absolute Gasteiger partial charge is 0.305 e. The number of furan rings is 1. The number of carboxylic acids is 1. The summed E-state index contributed by atoms with van der Waals surface area (Å²) in [6, 6.07) is 23.1. The van der Waals surface area contributed by atoms with Gasteiger partial charge in [0.1, 0.15) is 0 Å². The van der Waals surface area contributed by atoms with Crippen LogP contribution in [-0.2, 0) is 11.2 Å². The molecule has 1 N–H and O–H groups in total. The summed E-state index contributed by atoms with van der Waals surface area (Å²) in [6.07, 6.45) is 1.76. The van der Waals surface area contributed by atoms with Crippen LogP contribution in [0.2, 0.25) is 0 Å². The molecule has 9 nitrogen and oxygen atoms in total. The number of methoxy groups -OCH3 is 1. The number of carbonyl (C=O) groups excluding carboxylic acids is 2. The van der Waals surface area contributed by atoms with Crippen LogP contribution in [0, 0.1) is 0 Å². The number of hydrogen-bond donors (Lipinski definition) is 1. The highest BCUT2D eigenvalue weighted by molar-refractivity contribution is 6.11. The fourth-order valence-electron chi connectivity index (χ4n) is 4.67. The molecule has 0 aliphatic heterocycles. The van der Waals surface area contributed by atoms with E-state index >= 15 is 0 Å². The molecule has 4 aromatic rings. The normalized spacial score (nSPS) is 10.6. The number of carboxylic acid groups (broad SMARTS) is 1. The van der Waals surface area contributed by atoms with Gasteiger partial charge in [0.25, 0.3) is 11.8 Å². The summed E-state index contributed by atoms with van der Waals surface area (Å²) >= 11 is 0. The molecule has 0 radical (unpaired) electrons. The second kappa shape index (κ2) is 14.0. The second-order valence-corrected chi connectivity index (χ2v) is 9.51. The Morgan fingerprint density at radius 1 is 0.833 bits per heavy atom. The van der Waals surface area contributed by atoms with E-state index in [0.29, 0.717) is 52.7 Å². The minimum atomic E-state index is -0.999. The molecule has 9 heteroatoms. The summed E-state index contributed by atoms with van der Waals surface area (Å²) in [5.74, 6) is -0.0154. The van der Waals surface area contributed by atoms with Crippen LogP contribution in [0.15, 0.2) is 89.5 Å². The van der Waals surface area contributed by atoms with Gasteiger partial charge in [-0.25, -0.2) is 0 Å². The van der Waals surface area contributed by atoms with Gasteiger partial charge in [-0.15, -0.1) is 0 Å². The van der Waals surface area contributed by atoms with E-state index in [9.17, 15) is 19.5 Å². The Kier molecular flexibility index (Phi) is 9.99. The summed E-state index contributed by atoms with van der Waals surface area (Å²) in [6.45, 7) is 2.70. The SMILES string of the molecule is CCOc1ccc(CCN(CCC(=O)O)C(=O)c2ccccc2-c2ccccc2C(=O)N(C)c2ccco2)cc1OC. The number of aliphatic carboxylic acids is 1. The minimum absolute atomic E-state index is 0.0263. The number of benzene rings is 3. The molecule has 4 rings (SSSR count). The summed E-state index contributed by atoms with van der Waals surface area (Å²) < 4.78 is 16.5. The third-order valence-electron chi connectivity index (χ3n) is 6.83. The predicted molar refractivity (Wildman–Crippen MR) is 159 cm³/mol. The Balaban J connectivity index is 1.64. The monoisotopic (exact) mass is 570 g/mol. The maximum absolute atomic E-state index is 14.0. The van der Waals surface area contributed by atoms with E-state index in [2.05, 4.69) is 0 Å². The van der Waals surface area contributed by atoms with Crippen molar-refractivity contribution >= 4 is 23.7 Å². The average Bonchev–Trinajstić information content (AvgIpc) is 3.56. The zero-order valence-corrected chi connectivity index (χ0v) is 23.9. The molecule has 0 aliphatic rings. The van der Waals surface area contributed by atoms with Crippen molar-refractivity contribution in [1.82, 2.24) is 4.90 Å². The number of ether oxygens (including phenoxy) is 2. The van der Waals surface area contributed by atoms with Crippen molar-refractivity contribution in [3.05, 3.63) is 102 Å². The van der Waals surface area contributed by atoms with Crippen LogP contribution in [0.3, 0.4) is 0 Å². The lowest BCUT2D eigenvalue weighted by molar-refractivity contribution is -0.137. The van der Waals surface area contributed by atoms with Crippen LogP contribution < -0.4 is 14.4 Å². The zero-order chi connectivity index (χ0) is 30.1. The van der Waals surface area contributed by atoms with Crippen LogP contribution in [0.25, 0.3) is 11.1 Å². The van der Waals surface area contributed by atoms with E-state index in [1.165, 1.54) is 16.1 Å². The van der Waals surface area contributed by atoms with Gasteiger partial charge in [0.2, 0.25) is 5.88 Å². The van der Waals surface area contributed by atoms with Crippen LogP contribution in [0.4, 0.5) is 5.88 Å². The quantitative estimate of drug-likeness (QED) is 0.217. The van der Waals surface area contributed by atoms with Crippen molar-refractivity contribution in [3.63, 3.8) is 0 Å². The van der Waals surface area contributed by atoms with Crippen molar-refractivity contribution in [1.29, 1.82) is 0 Å². The second-order valence-electron chi connectivity index (χ2n) is 9.51. The van der Waals surface area contributed by atoms with Gasteiger partial charge in [-0.05, 0) is 60.4 Å². The molecule has 42 heavy (non-hydrogen) atoms. The van der Waals surface area contributed by atoms with Crippen molar-refractivity contribution < 1.29 is 33.4 Å². The van der Waals surface area contributed by atoms with Gasteiger partial charge < -0.3 is 23.9 Å². The molecular formula is C33H34N2O7. The number of nitrogens with zero attached hydrogens (tertiary/aromatic N) is 2. The molecule has 218 valence electrons. The van der Waals surface area contributed by atoms with Crippen LogP contribution in [-0.4, -0.2) is 61.6 Å². The van der Waals surface area contributed by atoms with E-state index in [1.807, 2.05) is 31.2 Å². The number of hydrogen-bond acceptors (Lipinski definition) is 6. The molecule has 0 saturated carbocycles. The topological polar surface area (TPSA) is 110 Å². The number of amides is 2. The van der Waals surface area contributed by atoms with Gasteiger partial charge in [-0.3, -0.25) is 19.3 Å². The lowest BCUT2D eigenvalue weighted by atomic mass is 9.94. The highest BCUT2D eigenvalue weighted by Gasteiger charge is 2.24. The minimum Gasteiger partial charge on any atom is -0.493 e. The van der Waals surface area contributed by atoms with E-state index in [1.54, 1.807) is 68.8 Å². The Bertz CT molecular complexity index is 1530. The summed E-state index contributed by atoms with van der Waals surface area (Å²) in [5.41, 5.74) is 2.83. The first-order chi connectivity index (χ1) is 20.3. The maximum atomic E-state index is 14.0. The summed E-state index contributed by atoms with van der Waals surface area (Å²) in [4.78, 5) is 41.9. The third-order valence-corrected chi connectivity index (χ3v) is 6.83. The molecule has 1 heterocycles. The first kappa shape index (κ1) is 29.9. The highest BCUT2D eigenvalue weighted by Crippen LogP contribution is 2.31. The molecule has 0 aliphatic carbocycles. The van der Waals surface area contributed by atoms with Crippen molar-refractivity contribution in [2.24, 2.45) is 0 Å². The fourth-order valence-corrected chi connectivity index (χ4v) is 4.67. The molecular weight excluding hydrogens is 536 g/mol. The van der Waals surface area contributed by atoms with Crippen molar-refractivity contribution in [2.75, 3.05) is 38.8 Å². The first-order valence-corrected chi connectivity index (χ1v) is 13.6. The van der Waals surface area contributed by atoms with Crippen molar-refractivity contribution in [3.8, 4) is 22.6 Å². The maximum Gasteiger partial charge on any atom is 0.305 e. The van der Waals surface area contributed by atoms with Gasteiger partial charge in [0.05, 0.1) is 26.4 Å². The van der Waals surface area contributed by atoms with E-state index < -0.39 is 5.97 Å². The standard InChI is InChI=1S/C33H34N2O7/c1-4-41-28-16-15-23(22-29(28)40-3)17-19-35(20-18-31(36)37)33(39)27-13-8-6-11-25(27)24-10-5-7-12-26(24)32(38)34(2)30-14-9-21-42-30/h5-16,21-22H,4,17-20H2,1-3H3,(H,36,37). The van der Waals surface area contributed by atoms with Crippen molar-refractivity contribution in [2.45, 2.75) is 19.8 Å². The fraction of sp³-hybridized carbons (Fsp3) is 0.242. The molecule has 1 aromatic heterocycles. The molecule has 2 amide bonds. The Morgan fingerprint density at radius 3 is 2.10 bits per heavy atom. The average molecular weight is 571 g/mol. The lowest BCUT2D eigenvalue weighted by Gasteiger charge is -2.24. The molecule has 0 atom stereocenters. The predicted octanol–water partition coefficient (Wildman–Crippen LogP) is 5.79. The van der Waals surface area contributed by atoms with E-state index in [-0.39, 0.29) is 31.3 Å². The van der Waals surface area contributed by atoms with Gasteiger partial charge >= 0.3 is 5.97 Å². The van der Waals surface area contributed by atoms with Crippen LogP contribution in [0.1, 0.15) is 39.6 Å². The number of carbonyl (C=O) groups is 3. The van der Waals surface area contributed by atoms with E-state index in [4.69, 9.17) is 13.9 Å². The van der Waals surface area contributed by atoms with Gasteiger partial charge in [0, 0.05) is 37.3 Å². The first-order valence-electron chi connectivity index (χ1n) is 13.6. The lowest BCUT2D eigenvalue weighted by Crippen LogP contribution is -2.35. The zero-order valence-electron chi connectivity index (χ0n) is 23.9. The van der Waals surface area contributed by atoms with Gasteiger partial charge in [-0.2, -0.15) is 0 Å². The van der Waals surface area contributed by atoms with Gasteiger partial charge in [0.15, 0.2) is 11.5 Å². The molecule has 3 aromatic carbocycles. The Hall–Kier alpha value is -5.05. The van der Waals surface area contributed by atoms with Crippen LogP contribution in [0.5, 0.6) is 11.5 Å². The summed E-state index contributed by atoms with van der Waals surface area (Å²) in [5, 5.41) is 9.39. The Labute approximate surface area is 244 Å². The molecule has 0 spiro atoms. The highest BCUT2D eigenvalue weighted by atomic mass is 16.5. The number of rotatable bonds is 13. The third kappa shape index (κ3) is 6.98. The molecule has 0 fully saturated rings. The number of anilines is 1. The molecule has 0 bridgehead atoms. The summed E-state index contributed by atoms with van der Waals surface area (Å²) in [7, 11) is 3.19. The molecule has 0 saturated heterocycles. The van der Waals surface area contributed by atoms with Crippen LogP contribution >= 0.6 is 0 Å². The van der Waals surface area contributed by atoms with E-state index in [0.717, 1.165) is 5.56 Å². The largest absolute Gasteiger partial charge is 0.493 e. The van der Waals surface area contributed by atoms with Gasteiger partial charge in [-0.1, -0.05) is 42.5 Å².